The highest BCUT2D eigenvalue weighted by Crippen LogP contribution is 2.23. The van der Waals surface area contributed by atoms with Crippen molar-refractivity contribution in [3.05, 3.63) is 84.7 Å². The Hall–Kier alpha value is -3.18. The van der Waals surface area contributed by atoms with E-state index in [4.69, 9.17) is 4.74 Å². The Morgan fingerprint density at radius 3 is 2.23 bits per heavy atom. The van der Waals surface area contributed by atoms with Crippen molar-refractivity contribution in [3.8, 4) is 16.9 Å². The molecule has 0 bridgehead atoms. The molecule has 1 saturated heterocycles. The number of carbonyl (C=O) groups is 1. The molecule has 30 heavy (non-hydrogen) atoms. The summed E-state index contributed by atoms with van der Waals surface area (Å²) in [5, 5.41) is 0. The van der Waals surface area contributed by atoms with Gasteiger partial charge < -0.3 is 9.64 Å². The van der Waals surface area contributed by atoms with Crippen molar-refractivity contribution in [1.29, 1.82) is 0 Å². The highest BCUT2D eigenvalue weighted by molar-refractivity contribution is 5.81. The third kappa shape index (κ3) is 5.05. The van der Waals surface area contributed by atoms with Crippen LogP contribution in [-0.2, 0) is 11.3 Å². The molecule has 1 aliphatic heterocycles. The second-order valence-electron chi connectivity index (χ2n) is 7.57. The molecule has 1 unspecified atom stereocenters. The molecular formula is C25H27N3O2. The highest BCUT2D eigenvalue weighted by Gasteiger charge is 2.26. The summed E-state index contributed by atoms with van der Waals surface area (Å²) in [6, 6.07) is 24.1. The largest absolute Gasteiger partial charge is 0.481 e. The fourth-order valence-electron chi connectivity index (χ4n) is 3.72. The van der Waals surface area contributed by atoms with Gasteiger partial charge in [0.25, 0.3) is 5.91 Å². The van der Waals surface area contributed by atoms with E-state index in [9.17, 15) is 4.79 Å². The van der Waals surface area contributed by atoms with E-state index in [1.165, 1.54) is 0 Å². The van der Waals surface area contributed by atoms with Crippen LogP contribution >= 0.6 is 0 Å². The van der Waals surface area contributed by atoms with Gasteiger partial charge in [0.1, 0.15) is 5.75 Å². The number of amides is 1. The number of aromatic nitrogens is 1. The van der Waals surface area contributed by atoms with Crippen molar-refractivity contribution in [2.75, 3.05) is 26.2 Å². The lowest BCUT2D eigenvalue weighted by atomic mass is 10.1. The molecule has 0 spiro atoms. The van der Waals surface area contributed by atoms with Crippen LogP contribution in [0.5, 0.6) is 5.75 Å². The lowest BCUT2D eigenvalue weighted by molar-refractivity contribution is -0.139. The second kappa shape index (κ2) is 9.55. The van der Waals surface area contributed by atoms with Crippen molar-refractivity contribution in [3.63, 3.8) is 0 Å². The first-order chi connectivity index (χ1) is 14.7. The van der Waals surface area contributed by atoms with Gasteiger partial charge in [-0.2, -0.15) is 0 Å². The van der Waals surface area contributed by atoms with Crippen LogP contribution < -0.4 is 4.74 Å². The minimum atomic E-state index is -0.505. The topological polar surface area (TPSA) is 45.7 Å². The Morgan fingerprint density at radius 2 is 1.57 bits per heavy atom. The molecule has 1 aliphatic rings. The zero-order valence-electron chi connectivity index (χ0n) is 17.3. The highest BCUT2D eigenvalue weighted by atomic mass is 16.5. The first kappa shape index (κ1) is 20.1. The maximum Gasteiger partial charge on any atom is 0.263 e. The summed E-state index contributed by atoms with van der Waals surface area (Å²) in [5.41, 5.74) is 3.36. The molecule has 2 heterocycles. The summed E-state index contributed by atoms with van der Waals surface area (Å²) >= 11 is 0. The smallest absolute Gasteiger partial charge is 0.263 e. The number of piperazine rings is 1. The minimum Gasteiger partial charge on any atom is -0.481 e. The van der Waals surface area contributed by atoms with Gasteiger partial charge in [0.05, 0.1) is 5.69 Å². The zero-order valence-corrected chi connectivity index (χ0v) is 17.3. The fourth-order valence-corrected chi connectivity index (χ4v) is 3.72. The number of benzene rings is 2. The standard InChI is InChI=1S/C25H27N3O2/c1-20(30-24-12-10-22(11-13-24)21-7-3-2-4-8-21)25(29)28-17-15-27(16-18-28)19-23-9-5-6-14-26-23/h2-14,20H,15-19H2,1H3. The molecule has 0 radical (unpaired) electrons. The van der Waals surface area contributed by atoms with Gasteiger partial charge in [0.2, 0.25) is 0 Å². The van der Waals surface area contributed by atoms with E-state index in [1.54, 1.807) is 0 Å². The molecule has 0 aliphatic carbocycles. The molecule has 3 aromatic rings. The normalized spacial score (nSPS) is 15.6. The third-order valence-electron chi connectivity index (χ3n) is 5.42. The van der Waals surface area contributed by atoms with E-state index in [2.05, 4.69) is 22.0 Å². The summed E-state index contributed by atoms with van der Waals surface area (Å²) in [7, 11) is 0. The number of hydrogen-bond acceptors (Lipinski definition) is 4. The molecule has 5 heteroatoms. The maximum absolute atomic E-state index is 12.8. The monoisotopic (exact) mass is 401 g/mol. The Balaban J connectivity index is 1.28. The van der Waals surface area contributed by atoms with Crippen LogP contribution in [0.3, 0.4) is 0 Å². The van der Waals surface area contributed by atoms with Crippen LogP contribution in [0.15, 0.2) is 79.0 Å². The van der Waals surface area contributed by atoms with Gasteiger partial charge >= 0.3 is 0 Å². The summed E-state index contributed by atoms with van der Waals surface area (Å²) in [5.74, 6) is 0.754. The van der Waals surface area contributed by atoms with Gasteiger partial charge in [-0.1, -0.05) is 48.5 Å². The summed E-state index contributed by atoms with van der Waals surface area (Å²) in [4.78, 5) is 21.4. The minimum absolute atomic E-state index is 0.0413. The Labute approximate surface area is 177 Å². The van der Waals surface area contributed by atoms with Crippen molar-refractivity contribution >= 4 is 5.91 Å². The molecule has 5 nitrogen and oxygen atoms in total. The van der Waals surface area contributed by atoms with Crippen LogP contribution in [0.1, 0.15) is 12.6 Å². The van der Waals surface area contributed by atoms with Crippen LogP contribution in [0, 0.1) is 0 Å². The van der Waals surface area contributed by atoms with E-state index in [-0.39, 0.29) is 5.91 Å². The molecule has 0 N–H and O–H groups in total. The van der Waals surface area contributed by atoms with Crippen molar-refractivity contribution < 1.29 is 9.53 Å². The average Bonchev–Trinajstić information content (AvgIpc) is 2.81. The molecule has 4 rings (SSSR count). The number of hydrogen-bond donors (Lipinski definition) is 0. The Bertz CT molecular complexity index is 937. The summed E-state index contributed by atoms with van der Waals surface area (Å²) in [6.45, 7) is 5.77. The molecule has 2 aromatic carbocycles. The lowest BCUT2D eigenvalue weighted by Crippen LogP contribution is -2.51. The number of pyridine rings is 1. The van der Waals surface area contributed by atoms with Crippen LogP contribution in [-0.4, -0.2) is 53.0 Å². The van der Waals surface area contributed by atoms with E-state index < -0.39 is 6.10 Å². The van der Waals surface area contributed by atoms with Crippen LogP contribution in [0.25, 0.3) is 11.1 Å². The lowest BCUT2D eigenvalue weighted by Gasteiger charge is -2.35. The Morgan fingerprint density at radius 1 is 0.900 bits per heavy atom. The third-order valence-corrected chi connectivity index (χ3v) is 5.42. The zero-order chi connectivity index (χ0) is 20.8. The van der Waals surface area contributed by atoms with Crippen molar-refractivity contribution in [2.24, 2.45) is 0 Å². The van der Waals surface area contributed by atoms with Crippen molar-refractivity contribution in [1.82, 2.24) is 14.8 Å². The van der Waals surface area contributed by atoms with Gasteiger partial charge in [0.15, 0.2) is 6.10 Å². The van der Waals surface area contributed by atoms with Crippen molar-refractivity contribution in [2.45, 2.75) is 19.6 Å². The number of carbonyl (C=O) groups excluding carboxylic acids is 1. The molecule has 0 saturated carbocycles. The predicted octanol–water partition coefficient (Wildman–Crippen LogP) is 3.86. The second-order valence-corrected chi connectivity index (χ2v) is 7.57. The Kier molecular flexibility index (Phi) is 6.40. The van der Waals surface area contributed by atoms with Gasteiger partial charge in [0, 0.05) is 38.9 Å². The molecule has 1 atom stereocenters. The quantitative estimate of drug-likeness (QED) is 0.629. The fraction of sp³-hybridized carbons (Fsp3) is 0.280. The number of nitrogens with zero attached hydrogens (tertiary/aromatic N) is 3. The SMILES string of the molecule is CC(Oc1ccc(-c2ccccc2)cc1)C(=O)N1CCN(Cc2ccccn2)CC1. The summed E-state index contributed by atoms with van der Waals surface area (Å²) in [6.07, 6.45) is 1.32. The first-order valence-corrected chi connectivity index (χ1v) is 10.4. The first-order valence-electron chi connectivity index (χ1n) is 10.4. The molecule has 154 valence electrons. The molecule has 1 fully saturated rings. The molecule has 1 aromatic heterocycles. The summed E-state index contributed by atoms with van der Waals surface area (Å²) < 4.78 is 5.93. The van der Waals surface area contributed by atoms with E-state index >= 15 is 0 Å². The predicted molar refractivity (Wildman–Crippen MR) is 118 cm³/mol. The van der Waals surface area contributed by atoms with E-state index in [1.807, 2.05) is 78.7 Å². The number of rotatable bonds is 6. The van der Waals surface area contributed by atoms with E-state index in [0.29, 0.717) is 18.8 Å². The molecular weight excluding hydrogens is 374 g/mol. The van der Waals surface area contributed by atoms with E-state index in [0.717, 1.165) is 36.5 Å². The van der Waals surface area contributed by atoms with Gasteiger partial charge in [-0.05, 0) is 42.3 Å². The average molecular weight is 402 g/mol. The van der Waals surface area contributed by atoms with Crippen LogP contribution in [0.4, 0.5) is 0 Å². The maximum atomic E-state index is 12.8. The van der Waals surface area contributed by atoms with Gasteiger partial charge in [-0.25, -0.2) is 0 Å². The number of ether oxygens (including phenoxy) is 1. The molecule has 1 amide bonds. The van der Waals surface area contributed by atoms with Gasteiger partial charge in [-0.3, -0.25) is 14.7 Å². The van der Waals surface area contributed by atoms with Gasteiger partial charge in [-0.15, -0.1) is 0 Å². The van der Waals surface area contributed by atoms with Crippen LogP contribution in [0.2, 0.25) is 0 Å².